The molecule has 0 radical (unpaired) electrons. The summed E-state index contributed by atoms with van der Waals surface area (Å²) >= 11 is 0. The molecule has 2 fully saturated rings. The molecule has 0 spiro atoms. The average Bonchev–Trinajstić information content (AvgIpc) is 3.45. The number of rotatable bonds is 6. The highest BCUT2D eigenvalue weighted by Gasteiger charge is 2.37. The van der Waals surface area contributed by atoms with E-state index in [0.717, 1.165) is 60.6 Å². The molecular formula is C27H35N7O2. The molecular weight excluding hydrogens is 454 g/mol. The van der Waals surface area contributed by atoms with E-state index in [1.54, 1.807) is 13.3 Å². The number of hydrogen-bond donors (Lipinski definition) is 1. The van der Waals surface area contributed by atoms with Gasteiger partial charge in [0.15, 0.2) is 12.2 Å². The second-order valence-electron chi connectivity index (χ2n) is 10.5. The van der Waals surface area contributed by atoms with Crippen LogP contribution >= 0.6 is 0 Å². The number of carbonyl (C=O) groups is 1. The topological polar surface area (TPSA) is 102 Å². The summed E-state index contributed by atoms with van der Waals surface area (Å²) in [4.78, 5) is 18.9. The predicted octanol–water partition coefficient (Wildman–Crippen LogP) is 5.00. The van der Waals surface area contributed by atoms with E-state index in [4.69, 9.17) is 9.40 Å². The monoisotopic (exact) mass is 489 g/mol. The molecule has 2 atom stereocenters. The van der Waals surface area contributed by atoms with Crippen molar-refractivity contribution in [3.05, 3.63) is 53.5 Å². The maximum Gasteiger partial charge on any atom is 0.223 e. The van der Waals surface area contributed by atoms with Gasteiger partial charge in [0.05, 0.1) is 6.04 Å². The van der Waals surface area contributed by atoms with E-state index in [2.05, 4.69) is 31.6 Å². The molecule has 0 saturated heterocycles. The molecule has 9 nitrogen and oxygen atoms in total. The highest BCUT2D eigenvalue weighted by molar-refractivity contribution is 5.93. The van der Waals surface area contributed by atoms with Crippen molar-refractivity contribution in [1.29, 1.82) is 0 Å². The lowest BCUT2D eigenvalue weighted by atomic mass is 9.82. The molecule has 1 amide bonds. The van der Waals surface area contributed by atoms with Crippen molar-refractivity contribution < 1.29 is 9.21 Å². The summed E-state index contributed by atoms with van der Waals surface area (Å²) in [6, 6.07) is 8.22. The largest absolute Gasteiger partial charge is 0.448 e. The summed E-state index contributed by atoms with van der Waals surface area (Å²) in [6.45, 7) is 2.30. The second kappa shape index (κ2) is 10.1. The fourth-order valence-corrected chi connectivity index (χ4v) is 6.15. The van der Waals surface area contributed by atoms with Crippen molar-refractivity contribution in [2.45, 2.75) is 95.2 Å². The number of benzene rings is 1. The number of anilines is 1. The Morgan fingerprint density at radius 3 is 2.61 bits per heavy atom. The molecule has 3 aliphatic rings. The first-order valence-corrected chi connectivity index (χ1v) is 13.5. The first kappa shape index (κ1) is 23.3. The normalized spacial score (nSPS) is 22.0. The molecule has 6 rings (SSSR count). The van der Waals surface area contributed by atoms with Gasteiger partial charge in [0.2, 0.25) is 5.91 Å². The number of hydrogen-bond acceptors (Lipinski definition) is 7. The Kier molecular flexibility index (Phi) is 6.56. The number of amides is 1. The van der Waals surface area contributed by atoms with E-state index in [1.807, 2.05) is 23.1 Å². The number of oxazole rings is 1. The van der Waals surface area contributed by atoms with Gasteiger partial charge in [-0.15, -0.1) is 5.10 Å². The molecule has 2 aromatic heterocycles. The lowest BCUT2D eigenvalue weighted by Gasteiger charge is -2.36. The molecule has 2 aliphatic carbocycles. The van der Waals surface area contributed by atoms with Crippen LogP contribution in [0.4, 0.5) is 5.69 Å². The van der Waals surface area contributed by atoms with Crippen molar-refractivity contribution in [3.63, 3.8) is 0 Å². The predicted molar refractivity (Wildman–Crippen MR) is 134 cm³/mol. The Hall–Kier alpha value is -3.07. The van der Waals surface area contributed by atoms with E-state index < -0.39 is 0 Å². The van der Waals surface area contributed by atoms with Gasteiger partial charge in [0.25, 0.3) is 0 Å². The fourth-order valence-electron chi connectivity index (χ4n) is 6.15. The van der Waals surface area contributed by atoms with Crippen molar-refractivity contribution >= 4 is 11.6 Å². The average molecular weight is 490 g/mol. The van der Waals surface area contributed by atoms with E-state index in [9.17, 15) is 4.79 Å². The number of carbonyl (C=O) groups excluding carboxylic acids is 1. The second-order valence-corrected chi connectivity index (χ2v) is 10.5. The molecule has 36 heavy (non-hydrogen) atoms. The Labute approximate surface area is 211 Å². The van der Waals surface area contributed by atoms with Crippen LogP contribution in [0, 0.1) is 0 Å². The molecule has 3 aromatic rings. The van der Waals surface area contributed by atoms with Gasteiger partial charge in [-0.3, -0.25) is 10.1 Å². The van der Waals surface area contributed by atoms with Crippen LogP contribution in [0.15, 0.2) is 35.1 Å². The van der Waals surface area contributed by atoms with Gasteiger partial charge in [-0.05, 0) is 54.2 Å². The van der Waals surface area contributed by atoms with Gasteiger partial charge in [-0.1, -0.05) is 50.3 Å². The Bertz CT molecular complexity index is 1190. The molecule has 1 N–H and O–H groups in total. The zero-order valence-corrected chi connectivity index (χ0v) is 21.0. The number of nitrogens with one attached hydrogen (secondary N) is 1. The molecule has 1 aromatic carbocycles. The smallest absolute Gasteiger partial charge is 0.223 e. The third-order valence-corrected chi connectivity index (χ3v) is 8.31. The van der Waals surface area contributed by atoms with Gasteiger partial charge in [-0.2, -0.15) is 0 Å². The van der Waals surface area contributed by atoms with Crippen LogP contribution in [0.1, 0.15) is 118 Å². The summed E-state index contributed by atoms with van der Waals surface area (Å²) in [6.07, 6.45) is 13.0. The molecule has 1 aliphatic heterocycles. The minimum Gasteiger partial charge on any atom is -0.448 e. The zero-order chi connectivity index (χ0) is 24.5. The van der Waals surface area contributed by atoms with Gasteiger partial charge in [0.1, 0.15) is 17.5 Å². The SMILES string of the molecule is CC(=O)N1CCC(NC(c2ncoc2C2CCC2)c2nnnn2C2CCCCCC2)c2ccccc21. The minimum absolute atomic E-state index is 0.0343. The number of fused-ring (bicyclic) bond motifs is 1. The summed E-state index contributed by atoms with van der Waals surface area (Å²) < 4.78 is 8.03. The van der Waals surface area contributed by atoms with Gasteiger partial charge < -0.3 is 9.32 Å². The fraction of sp³-hybridized carbons (Fsp3) is 0.593. The number of para-hydroxylation sites is 1. The van der Waals surface area contributed by atoms with Crippen LogP contribution in [-0.2, 0) is 4.79 Å². The molecule has 2 unspecified atom stereocenters. The van der Waals surface area contributed by atoms with E-state index >= 15 is 0 Å². The third-order valence-electron chi connectivity index (χ3n) is 8.31. The Balaban J connectivity index is 1.39. The highest BCUT2D eigenvalue weighted by atomic mass is 16.3. The summed E-state index contributed by atoms with van der Waals surface area (Å²) in [5.74, 6) is 2.24. The van der Waals surface area contributed by atoms with Crippen molar-refractivity contribution in [2.75, 3.05) is 11.4 Å². The lowest BCUT2D eigenvalue weighted by molar-refractivity contribution is -0.116. The number of aromatic nitrogens is 5. The molecule has 9 heteroatoms. The highest BCUT2D eigenvalue weighted by Crippen LogP contribution is 2.42. The van der Waals surface area contributed by atoms with Crippen LogP contribution in [0.3, 0.4) is 0 Å². The lowest BCUT2D eigenvalue weighted by Crippen LogP contribution is -2.40. The quantitative estimate of drug-likeness (QED) is 0.486. The maximum absolute atomic E-state index is 12.3. The first-order valence-electron chi connectivity index (χ1n) is 13.5. The van der Waals surface area contributed by atoms with Crippen LogP contribution in [0.5, 0.6) is 0 Å². The summed E-state index contributed by atoms with van der Waals surface area (Å²) in [5, 5.41) is 17.1. The molecule has 190 valence electrons. The van der Waals surface area contributed by atoms with Gasteiger partial charge >= 0.3 is 0 Å². The maximum atomic E-state index is 12.3. The number of nitrogens with zero attached hydrogens (tertiary/aromatic N) is 6. The van der Waals surface area contributed by atoms with Crippen LogP contribution in [0.25, 0.3) is 0 Å². The first-order chi connectivity index (χ1) is 17.7. The number of tetrazole rings is 1. The van der Waals surface area contributed by atoms with Crippen molar-refractivity contribution in [3.8, 4) is 0 Å². The molecule has 0 bridgehead atoms. The van der Waals surface area contributed by atoms with Crippen LogP contribution < -0.4 is 10.2 Å². The Morgan fingerprint density at radius 1 is 1.06 bits per heavy atom. The van der Waals surface area contributed by atoms with Crippen LogP contribution in [-0.4, -0.2) is 37.6 Å². The molecule has 3 heterocycles. The third kappa shape index (κ3) is 4.34. The van der Waals surface area contributed by atoms with Gasteiger partial charge in [-0.25, -0.2) is 9.67 Å². The standard InChI is InChI=1S/C27H35N7O2/c1-18(35)33-16-15-22(21-13-6-7-14-23(21)33)29-25(24-26(36-17-28-24)19-9-8-10-19)27-30-31-32-34(27)20-11-4-2-3-5-12-20/h6-7,13-14,17,19-20,22,25,29H,2-5,8-12,15-16H2,1H3. The summed E-state index contributed by atoms with van der Waals surface area (Å²) in [5.41, 5.74) is 2.98. The van der Waals surface area contributed by atoms with E-state index in [0.29, 0.717) is 18.5 Å². The molecule has 2 saturated carbocycles. The van der Waals surface area contributed by atoms with E-state index in [1.165, 1.54) is 32.1 Å². The summed E-state index contributed by atoms with van der Waals surface area (Å²) in [7, 11) is 0. The Morgan fingerprint density at radius 2 is 1.86 bits per heavy atom. The van der Waals surface area contributed by atoms with Gasteiger partial charge in [0, 0.05) is 31.1 Å². The van der Waals surface area contributed by atoms with E-state index in [-0.39, 0.29) is 18.0 Å². The van der Waals surface area contributed by atoms with Crippen LogP contribution in [0.2, 0.25) is 0 Å². The zero-order valence-electron chi connectivity index (χ0n) is 21.0. The van der Waals surface area contributed by atoms with Crippen molar-refractivity contribution in [2.24, 2.45) is 0 Å². The van der Waals surface area contributed by atoms with Crippen molar-refractivity contribution in [1.82, 2.24) is 30.5 Å². The minimum atomic E-state index is -0.292.